The summed E-state index contributed by atoms with van der Waals surface area (Å²) in [7, 11) is -3.91. The Labute approximate surface area is 183 Å². The van der Waals surface area contributed by atoms with Crippen molar-refractivity contribution >= 4 is 33.4 Å². The van der Waals surface area contributed by atoms with Gasteiger partial charge in [0.25, 0.3) is 5.91 Å². The fourth-order valence-corrected chi connectivity index (χ4v) is 5.44. The number of morpholine rings is 1. The van der Waals surface area contributed by atoms with E-state index in [1.54, 1.807) is 20.8 Å². The first-order chi connectivity index (χ1) is 13.9. The summed E-state index contributed by atoms with van der Waals surface area (Å²) in [6.45, 7) is 9.63. The van der Waals surface area contributed by atoms with Crippen molar-refractivity contribution in [1.29, 1.82) is 0 Å². The Bertz CT molecular complexity index is 880. The summed E-state index contributed by atoms with van der Waals surface area (Å²) in [6, 6.07) is 4.11. The lowest BCUT2D eigenvalue weighted by Gasteiger charge is -2.34. The fraction of sp³-hybridized carbons (Fsp3) is 0.600. The maximum absolute atomic E-state index is 13.2. The van der Waals surface area contributed by atoms with E-state index in [4.69, 9.17) is 16.3 Å². The first kappa shape index (κ1) is 24.6. The molecule has 2 atom stereocenters. The van der Waals surface area contributed by atoms with Crippen molar-refractivity contribution in [2.45, 2.75) is 57.8 Å². The van der Waals surface area contributed by atoms with Crippen molar-refractivity contribution in [3.05, 3.63) is 28.8 Å². The molecule has 1 aliphatic heterocycles. The number of sulfonamides is 1. The number of ether oxygens (including phenoxy) is 1. The zero-order chi connectivity index (χ0) is 22.6. The third kappa shape index (κ3) is 5.94. The van der Waals surface area contributed by atoms with Gasteiger partial charge in [0.1, 0.15) is 4.90 Å². The van der Waals surface area contributed by atoms with Crippen molar-refractivity contribution in [2.24, 2.45) is 0 Å². The van der Waals surface area contributed by atoms with Crippen LogP contribution in [0.15, 0.2) is 23.1 Å². The fourth-order valence-electron chi connectivity index (χ4n) is 3.35. The van der Waals surface area contributed by atoms with Crippen LogP contribution in [0.3, 0.4) is 0 Å². The number of halogens is 1. The van der Waals surface area contributed by atoms with Gasteiger partial charge in [0.2, 0.25) is 15.9 Å². The Kier molecular flexibility index (Phi) is 8.27. The molecule has 2 unspecified atom stereocenters. The third-order valence-electron chi connectivity index (χ3n) is 4.64. The SMILES string of the molecule is CCN(CC(=O)NC(C)C)C(=O)c1ccc(Cl)c(S(=O)(=O)N2CC(C)OC(C)C2)c1. The minimum absolute atomic E-state index is 0.0407. The predicted octanol–water partition coefficient (Wildman–Crippen LogP) is 2.12. The molecule has 10 heteroatoms. The van der Waals surface area contributed by atoms with Gasteiger partial charge in [-0.25, -0.2) is 8.42 Å². The molecule has 0 bridgehead atoms. The average molecular weight is 460 g/mol. The Morgan fingerprint density at radius 1 is 1.27 bits per heavy atom. The van der Waals surface area contributed by atoms with Gasteiger partial charge in [-0.05, 0) is 52.8 Å². The van der Waals surface area contributed by atoms with Gasteiger partial charge in [-0.2, -0.15) is 4.31 Å². The lowest BCUT2D eigenvalue weighted by molar-refractivity contribution is -0.122. The van der Waals surface area contributed by atoms with Crippen molar-refractivity contribution in [3.8, 4) is 0 Å². The molecular formula is C20H30ClN3O5S. The van der Waals surface area contributed by atoms with E-state index in [2.05, 4.69) is 5.32 Å². The Balaban J connectivity index is 2.31. The average Bonchev–Trinajstić information content (AvgIpc) is 2.64. The van der Waals surface area contributed by atoms with Gasteiger partial charge in [0.05, 0.1) is 23.8 Å². The molecule has 1 saturated heterocycles. The number of hydrogen-bond acceptors (Lipinski definition) is 5. The van der Waals surface area contributed by atoms with Crippen LogP contribution in [0.5, 0.6) is 0 Å². The minimum atomic E-state index is -3.91. The lowest BCUT2D eigenvalue weighted by atomic mass is 10.2. The number of nitrogens with one attached hydrogen (secondary N) is 1. The predicted molar refractivity (Wildman–Crippen MR) is 115 cm³/mol. The van der Waals surface area contributed by atoms with Crippen LogP contribution >= 0.6 is 11.6 Å². The van der Waals surface area contributed by atoms with E-state index in [9.17, 15) is 18.0 Å². The van der Waals surface area contributed by atoms with Gasteiger partial charge in [0, 0.05) is 31.2 Å². The molecule has 0 aromatic heterocycles. The lowest BCUT2D eigenvalue weighted by Crippen LogP contribution is -2.48. The summed E-state index contributed by atoms with van der Waals surface area (Å²) in [6.07, 6.45) is -0.496. The number of hydrogen-bond donors (Lipinski definition) is 1. The van der Waals surface area contributed by atoms with E-state index in [1.165, 1.54) is 27.4 Å². The zero-order valence-corrected chi connectivity index (χ0v) is 19.6. The van der Waals surface area contributed by atoms with E-state index >= 15 is 0 Å². The van der Waals surface area contributed by atoms with E-state index in [0.29, 0.717) is 6.54 Å². The van der Waals surface area contributed by atoms with Gasteiger partial charge >= 0.3 is 0 Å². The van der Waals surface area contributed by atoms with Crippen molar-refractivity contribution in [1.82, 2.24) is 14.5 Å². The zero-order valence-electron chi connectivity index (χ0n) is 18.0. The molecule has 1 aliphatic rings. The molecule has 168 valence electrons. The largest absolute Gasteiger partial charge is 0.373 e. The summed E-state index contributed by atoms with van der Waals surface area (Å²) in [4.78, 5) is 26.2. The van der Waals surface area contributed by atoms with Crippen LogP contribution in [-0.2, 0) is 19.6 Å². The van der Waals surface area contributed by atoms with Crippen molar-refractivity contribution in [2.75, 3.05) is 26.2 Å². The summed E-state index contributed by atoms with van der Waals surface area (Å²) in [5.41, 5.74) is 0.159. The van der Waals surface area contributed by atoms with E-state index in [0.717, 1.165) is 0 Å². The van der Waals surface area contributed by atoms with Gasteiger partial charge < -0.3 is 15.0 Å². The van der Waals surface area contributed by atoms with Gasteiger partial charge in [0.15, 0.2) is 0 Å². The molecule has 0 saturated carbocycles. The minimum Gasteiger partial charge on any atom is -0.373 e. The quantitative estimate of drug-likeness (QED) is 0.673. The Morgan fingerprint density at radius 2 is 1.87 bits per heavy atom. The molecule has 1 N–H and O–H groups in total. The van der Waals surface area contributed by atoms with Gasteiger partial charge in [-0.3, -0.25) is 9.59 Å². The second kappa shape index (κ2) is 10.1. The van der Waals surface area contributed by atoms with E-state index in [-0.39, 0.29) is 59.3 Å². The normalized spacial score (nSPS) is 20.2. The topological polar surface area (TPSA) is 96.0 Å². The highest BCUT2D eigenvalue weighted by atomic mass is 35.5. The number of amides is 2. The number of nitrogens with zero attached hydrogens (tertiary/aromatic N) is 2. The highest BCUT2D eigenvalue weighted by Gasteiger charge is 2.34. The van der Waals surface area contributed by atoms with Crippen LogP contribution in [-0.4, -0.2) is 73.9 Å². The van der Waals surface area contributed by atoms with Gasteiger partial charge in [-0.15, -0.1) is 0 Å². The molecule has 0 radical (unpaired) electrons. The molecular weight excluding hydrogens is 430 g/mol. The standard InChI is InChI=1S/C20H30ClN3O5S/c1-6-23(12-19(25)22-13(2)3)20(26)16-7-8-17(21)18(9-16)30(27,28)24-10-14(4)29-15(5)11-24/h7-9,13-15H,6,10-12H2,1-5H3,(H,22,25). The number of carbonyl (C=O) groups excluding carboxylic acids is 2. The van der Waals surface area contributed by atoms with Crippen LogP contribution in [0.1, 0.15) is 45.0 Å². The summed E-state index contributed by atoms with van der Waals surface area (Å²) >= 11 is 6.21. The highest BCUT2D eigenvalue weighted by Crippen LogP contribution is 2.28. The second-order valence-corrected chi connectivity index (χ2v) is 10.1. The van der Waals surface area contributed by atoms with E-state index < -0.39 is 15.9 Å². The van der Waals surface area contributed by atoms with Crippen molar-refractivity contribution in [3.63, 3.8) is 0 Å². The highest BCUT2D eigenvalue weighted by molar-refractivity contribution is 7.89. The number of rotatable bonds is 7. The smallest absolute Gasteiger partial charge is 0.254 e. The molecule has 8 nitrogen and oxygen atoms in total. The number of benzene rings is 1. The maximum Gasteiger partial charge on any atom is 0.254 e. The molecule has 30 heavy (non-hydrogen) atoms. The van der Waals surface area contributed by atoms with Crippen LogP contribution in [0.4, 0.5) is 0 Å². The van der Waals surface area contributed by atoms with Crippen molar-refractivity contribution < 1.29 is 22.7 Å². The number of likely N-dealkylation sites (N-methyl/N-ethyl adjacent to an activating group) is 1. The number of carbonyl (C=O) groups is 2. The molecule has 1 fully saturated rings. The summed E-state index contributed by atoms with van der Waals surface area (Å²) in [5, 5.41) is 2.78. The van der Waals surface area contributed by atoms with Crippen LogP contribution in [0.25, 0.3) is 0 Å². The summed E-state index contributed by atoms with van der Waals surface area (Å²) < 4.78 is 33.4. The molecule has 2 amide bonds. The Hall–Kier alpha value is -1.68. The molecule has 1 aromatic carbocycles. The van der Waals surface area contributed by atoms with Gasteiger partial charge in [-0.1, -0.05) is 11.6 Å². The molecule has 2 rings (SSSR count). The first-order valence-electron chi connectivity index (χ1n) is 9.99. The molecule has 1 aromatic rings. The second-order valence-electron chi connectivity index (χ2n) is 7.77. The van der Waals surface area contributed by atoms with Crippen LogP contribution in [0, 0.1) is 0 Å². The summed E-state index contributed by atoms with van der Waals surface area (Å²) in [5.74, 6) is -0.716. The molecule has 0 spiro atoms. The third-order valence-corrected chi connectivity index (χ3v) is 6.95. The van der Waals surface area contributed by atoms with Crippen LogP contribution < -0.4 is 5.32 Å². The first-order valence-corrected chi connectivity index (χ1v) is 11.8. The molecule has 1 heterocycles. The molecule has 0 aliphatic carbocycles. The monoisotopic (exact) mass is 459 g/mol. The maximum atomic E-state index is 13.2. The van der Waals surface area contributed by atoms with Crippen LogP contribution in [0.2, 0.25) is 5.02 Å². The Morgan fingerprint density at radius 3 is 2.40 bits per heavy atom. The van der Waals surface area contributed by atoms with E-state index in [1.807, 2.05) is 13.8 Å².